The molecule has 0 spiro atoms. The second-order valence-electron chi connectivity index (χ2n) is 10.3. The fourth-order valence-corrected chi connectivity index (χ4v) is 6.04. The lowest BCUT2D eigenvalue weighted by molar-refractivity contribution is 0.0766. The van der Waals surface area contributed by atoms with Gasteiger partial charge in [-0.3, -0.25) is 9.48 Å². The van der Waals surface area contributed by atoms with Gasteiger partial charge in [0.15, 0.2) is 17.8 Å². The summed E-state index contributed by atoms with van der Waals surface area (Å²) in [7, 11) is -2.38. The van der Waals surface area contributed by atoms with Crippen molar-refractivity contribution >= 4 is 21.9 Å². The molecule has 1 saturated heterocycles. The molecule has 13 heteroatoms. The number of aryl methyl sites for hydroxylation is 3. The summed E-state index contributed by atoms with van der Waals surface area (Å²) >= 11 is 0. The zero-order valence-corrected chi connectivity index (χ0v) is 24.6. The van der Waals surface area contributed by atoms with E-state index in [1.165, 1.54) is 23.5 Å². The topological polar surface area (TPSA) is 145 Å². The molecular formula is C30H29N7O5S. The molecule has 4 heterocycles. The summed E-state index contributed by atoms with van der Waals surface area (Å²) in [5.41, 5.74) is 4.27. The summed E-state index contributed by atoms with van der Waals surface area (Å²) < 4.78 is 41.8. The number of ether oxygens (including phenoxy) is 1. The Hall–Kier alpha value is -5.04. The van der Waals surface area contributed by atoms with Gasteiger partial charge >= 0.3 is 0 Å². The molecule has 0 bridgehead atoms. The molecule has 220 valence electrons. The first kappa shape index (κ1) is 28.1. The SMILES string of the molecule is Cc1cccc(C)c1-c1cc(OC2CCN(C(=O)c3ncoc3-c3ccccc3)C2)nc(NS(=O)(=O)c2cnn(C)c2)n1. The van der Waals surface area contributed by atoms with Crippen molar-refractivity contribution in [2.45, 2.75) is 31.3 Å². The van der Waals surface area contributed by atoms with Crippen LogP contribution < -0.4 is 9.46 Å². The third-order valence-electron chi connectivity index (χ3n) is 7.18. The second kappa shape index (κ2) is 11.3. The molecule has 2 aromatic carbocycles. The molecule has 6 rings (SSSR count). The van der Waals surface area contributed by atoms with Gasteiger partial charge in [-0.1, -0.05) is 48.5 Å². The maximum absolute atomic E-state index is 13.4. The van der Waals surface area contributed by atoms with Crippen molar-refractivity contribution in [1.29, 1.82) is 0 Å². The van der Waals surface area contributed by atoms with Gasteiger partial charge in [0, 0.05) is 43.4 Å². The maximum atomic E-state index is 13.4. The summed E-state index contributed by atoms with van der Waals surface area (Å²) in [6.45, 7) is 4.65. The Morgan fingerprint density at radius 1 is 1.07 bits per heavy atom. The van der Waals surface area contributed by atoms with Crippen LogP contribution in [0.15, 0.2) is 82.7 Å². The third kappa shape index (κ3) is 5.84. The van der Waals surface area contributed by atoms with Gasteiger partial charge in [-0.2, -0.15) is 10.1 Å². The van der Waals surface area contributed by atoms with E-state index in [0.717, 1.165) is 22.3 Å². The number of rotatable bonds is 8. The Bertz CT molecular complexity index is 1880. The minimum absolute atomic E-state index is 0.0220. The van der Waals surface area contributed by atoms with Crippen LogP contribution in [0.25, 0.3) is 22.6 Å². The van der Waals surface area contributed by atoms with Crippen molar-refractivity contribution < 1.29 is 22.4 Å². The molecule has 43 heavy (non-hydrogen) atoms. The fourth-order valence-electron chi connectivity index (χ4n) is 5.12. The Labute approximate surface area is 248 Å². The van der Waals surface area contributed by atoms with Gasteiger partial charge in [-0.15, -0.1) is 0 Å². The van der Waals surface area contributed by atoms with Gasteiger partial charge in [-0.05, 0) is 25.0 Å². The highest BCUT2D eigenvalue weighted by Gasteiger charge is 2.32. The minimum atomic E-state index is -4.01. The van der Waals surface area contributed by atoms with E-state index >= 15 is 0 Å². The molecule has 1 N–H and O–H groups in total. The Morgan fingerprint density at radius 2 is 1.84 bits per heavy atom. The van der Waals surface area contributed by atoms with E-state index in [4.69, 9.17) is 9.15 Å². The Kier molecular flexibility index (Phi) is 7.40. The lowest BCUT2D eigenvalue weighted by Gasteiger charge is -2.18. The van der Waals surface area contributed by atoms with Gasteiger partial charge < -0.3 is 14.1 Å². The highest BCUT2D eigenvalue weighted by molar-refractivity contribution is 7.92. The Morgan fingerprint density at radius 3 is 2.56 bits per heavy atom. The van der Waals surface area contributed by atoms with Gasteiger partial charge in [-0.25, -0.2) is 23.1 Å². The molecule has 3 aromatic heterocycles. The number of nitrogens with zero attached hydrogens (tertiary/aromatic N) is 6. The van der Waals surface area contributed by atoms with E-state index in [9.17, 15) is 13.2 Å². The number of hydrogen-bond acceptors (Lipinski definition) is 9. The summed E-state index contributed by atoms with van der Waals surface area (Å²) in [6, 6.07) is 16.9. The van der Waals surface area contributed by atoms with E-state index in [1.807, 2.05) is 62.4 Å². The average molecular weight is 600 g/mol. The molecule has 1 unspecified atom stereocenters. The minimum Gasteiger partial charge on any atom is -0.472 e. The fraction of sp³-hybridized carbons (Fsp3) is 0.233. The van der Waals surface area contributed by atoms with Crippen molar-refractivity contribution in [3.63, 3.8) is 0 Å². The molecule has 0 saturated carbocycles. The van der Waals surface area contributed by atoms with Gasteiger partial charge in [0.1, 0.15) is 11.0 Å². The van der Waals surface area contributed by atoms with E-state index < -0.39 is 10.0 Å². The number of benzene rings is 2. The van der Waals surface area contributed by atoms with Crippen LogP contribution in [-0.4, -0.2) is 63.2 Å². The van der Waals surface area contributed by atoms with Gasteiger partial charge in [0.25, 0.3) is 15.9 Å². The van der Waals surface area contributed by atoms with Crippen LogP contribution in [0.3, 0.4) is 0 Å². The zero-order valence-electron chi connectivity index (χ0n) is 23.8. The normalized spacial score (nSPS) is 15.0. The van der Waals surface area contributed by atoms with E-state index in [0.29, 0.717) is 31.0 Å². The van der Waals surface area contributed by atoms with Crippen LogP contribution in [0.1, 0.15) is 28.0 Å². The van der Waals surface area contributed by atoms with E-state index in [1.54, 1.807) is 18.0 Å². The largest absolute Gasteiger partial charge is 0.472 e. The predicted molar refractivity (Wildman–Crippen MR) is 158 cm³/mol. The molecule has 1 aliphatic rings. The number of oxazole rings is 1. The quantitative estimate of drug-likeness (QED) is 0.277. The number of carbonyl (C=O) groups excluding carboxylic acids is 1. The van der Waals surface area contributed by atoms with Crippen LogP contribution in [0.5, 0.6) is 5.88 Å². The third-order valence-corrected chi connectivity index (χ3v) is 8.47. The summed E-state index contributed by atoms with van der Waals surface area (Å²) in [5, 5.41) is 3.95. The summed E-state index contributed by atoms with van der Waals surface area (Å²) in [6.07, 6.45) is 4.06. The number of likely N-dealkylation sites (tertiary alicyclic amines) is 1. The number of nitrogens with one attached hydrogen (secondary N) is 1. The van der Waals surface area contributed by atoms with Crippen LogP contribution in [0.4, 0.5) is 5.95 Å². The van der Waals surface area contributed by atoms with Crippen molar-refractivity contribution in [2.24, 2.45) is 7.05 Å². The van der Waals surface area contributed by atoms with Crippen LogP contribution in [-0.2, 0) is 17.1 Å². The molecule has 0 radical (unpaired) electrons. The van der Waals surface area contributed by atoms with Crippen LogP contribution in [0.2, 0.25) is 0 Å². The summed E-state index contributed by atoms with van der Waals surface area (Å²) in [5.74, 6) is 0.194. The lowest BCUT2D eigenvalue weighted by atomic mass is 10.00. The van der Waals surface area contributed by atoms with Gasteiger partial charge in [0.2, 0.25) is 11.8 Å². The number of hydrogen-bond donors (Lipinski definition) is 1. The standard InChI is InChI=1S/C30H29N7O5S/c1-19-8-7-9-20(2)26(19)24-14-25(34-30(33-24)35-43(39,40)23-15-32-36(3)17-23)42-22-12-13-37(16-22)29(38)27-28(41-18-31-27)21-10-5-4-6-11-21/h4-11,14-15,17-18,22H,12-13,16H2,1-3H3,(H,33,34,35). The first-order valence-corrected chi connectivity index (χ1v) is 15.1. The molecule has 12 nitrogen and oxygen atoms in total. The molecule has 1 fully saturated rings. The number of sulfonamides is 1. The molecule has 5 aromatic rings. The number of anilines is 1. The monoisotopic (exact) mass is 599 g/mol. The number of carbonyl (C=O) groups is 1. The molecule has 1 aliphatic heterocycles. The van der Waals surface area contributed by atoms with Crippen LogP contribution >= 0.6 is 0 Å². The summed E-state index contributed by atoms with van der Waals surface area (Å²) in [4.78, 5) is 28.2. The second-order valence-corrected chi connectivity index (χ2v) is 12.0. The zero-order chi connectivity index (χ0) is 30.1. The predicted octanol–water partition coefficient (Wildman–Crippen LogP) is 4.24. The van der Waals surface area contributed by atoms with Crippen molar-refractivity contribution in [3.8, 4) is 28.5 Å². The molecule has 1 amide bonds. The smallest absolute Gasteiger partial charge is 0.276 e. The Balaban J connectivity index is 1.26. The molecule has 1 atom stereocenters. The van der Waals surface area contributed by atoms with E-state index in [-0.39, 0.29) is 34.4 Å². The lowest BCUT2D eigenvalue weighted by Crippen LogP contribution is -2.31. The first-order valence-electron chi connectivity index (χ1n) is 13.6. The van der Waals surface area contributed by atoms with E-state index in [2.05, 4.69) is 24.8 Å². The maximum Gasteiger partial charge on any atom is 0.276 e. The van der Waals surface area contributed by atoms with Crippen molar-refractivity contribution in [1.82, 2.24) is 29.6 Å². The average Bonchev–Trinajstić information content (AvgIpc) is 3.74. The van der Waals surface area contributed by atoms with Crippen molar-refractivity contribution in [3.05, 3.63) is 90.2 Å². The first-order chi connectivity index (χ1) is 20.7. The molecular weight excluding hydrogens is 570 g/mol. The van der Waals surface area contributed by atoms with Crippen molar-refractivity contribution in [2.75, 3.05) is 17.8 Å². The number of aromatic nitrogens is 5. The van der Waals surface area contributed by atoms with Crippen LogP contribution in [0, 0.1) is 13.8 Å². The number of amides is 1. The highest BCUT2D eigenvalue weighted by Crippen LogP contribution is 2.31. The molecule has 0 aliphatic carbocycles. The van der Waals surface area contributed by atoms with Gasteiger partial charge in [0.05, 0.1) is 18.4 Å². The highest BCUT2D eigenvalue weighted by atomic mass is 32.2.